The lowest BCUT2D eigenvalue weighted by Gasteiger charge is -2.16. The first-order valence-electron chi connectivity index (χ1n) is 6.26. The molecule has 2 rings (SSSR count). The van der Waals surface area contributed by atoms with Gasteiger partial charge in [0.2, 0.25) is 0 Å². The molecule has 0 aliphatic heterocycles. The van der Waals surface area contributed by atoms with Crippen molar-refractivity contribution in [2.24, 2.45) is 0 Å². The van der Waals surface area contributed by atoms with Crippen LogP contribution in [0.3, 0.4) is 0 Å². The summed E-state index contributed by atoms with van der Waals surface area (Å²) < 4.78 is 5.49. The Hall–Kier alpha value is -1.81. The minimum atomic E-state index is 0.182. The number of aromatic nitrogens is 1. The van der Waals surface area contributed by atoms with Crippen molar-refractivity contribution >= 4 is 5.82 Å². The smallest absolute Gasteiger partial charge is 0.123 e. The molecule has 4 nitrogen and oxygen atoms in total. The van der Waals surface area contributed by atoms with Crippen LogP contribution in [0, 0.1) is 0 Å². The summed E-state index contributed by atoms with van der Waals surface area (Å²) in [6.07, 6.45) is 5.39. The highest BCUT2D eigenvalue weighted by molar-refractivity contribution is 5.32. The van der Waals surface area contributed by atoms with Gasteiger partial charge in [-0.05, 0) is 49.2 Å². The van der Waals surface area contributed by atoms with Gasteiger partial charge in [-0.1, -0.05) is 6.92 Å². The molecule has 1 atom stereocenters. The number of hydrogen-bond acceptors (Lipinski definition) is 4. The molecule has 0 bridgehead atoms. The van der Waals surface area contributed by atoms with Crippen molar-refractivity contribution in [2.45, 2.75) is 25.8 Å². The topological polar surface area (TPSA) is 64.1 Å². The molecular weight excluding hydrogens is 226 g/mol. The van der Waals surface area contributed by atoms with Gasteiger partial charge in [0.05, 0.1) is 12.3 Å². The quantitative estimate of drug-likeness (QED) is 0.821. The highest BCUT2D eigenvalue weighted by Crippen LogP contribution is 2.19. The van der Waals surface area contributed by atoms with Gasteiger partial charge in [0, 0.05) is 6.20 Å². The van der Waals surface area contributed by atoms with Gasteiger partial charge in [-0.2, -0.15) is 0 Å². The maximum absolute atomic E-state index is 5.70. The number of rotatable bonds is 6. The fourth-order valence-electron chi connectivity index (χ4n) is 1.94. The minimum absolute atomic E-state index is 0.182. The highest BCUT2D eigenvalue weighted by atomic mass is 16.3. The summed E-state index contributed by atoms with van der Waals surface area (Å²) >= 11 is 0. The Labute approximate surface area is 107 Å². The van der Waals surface area contributed by atoms with E-state index in [1.54, 1.807) is 12.5 Å². The van der Waals surface area contributed by atoms with Crippen LogP contribution in [0.4, 0.5) is 5.82 Å². The first-order valence-corrected chi connectivity index (χ1v) is 6.26. The molecular formula is C14H19N3O. The van der Waals surface area contributed by atoms with E-state index in [2.05, 4.69) is 17.2 Å². The van der Waals surface area contributed by atoms with E-state index in [0.717, 1.165) is 30.7 Å². The van der Waals surface area contributed by atoms with E-state index < -0.39 is 0 Å². The Bertz CT molecular complexity index is 468. The van der Waals surface area contributed by atoms with Crippen molar-refractivity contribution in [3.63, 3.8) is 0 Å². The lowest BCUT2D eigenvalue weighted by atomic mass is 10.0. The van der Waals surface area contributed by atoms with Gasteiger partial charge in [0.1, 0.15) is 11.6 Å². The summed E-state index contributed by atoms with van der Waals surface area (Å²) in [4.78, 5) is 4.01. The molecule has 4 heteroatoms. The van der Waals surface area contributed by atoms with Crippen molar-refractivity contribution in [3.8, 4) is 0 Å². The normalized spacial score (nSPS) is 12.5. The summed E-state index contributed by atoms with van der Waals surface area (Å²) in [5.41, 5.74) is 6.86. The lowest BCUT2D eigenvalue weighted by Crippen LogP contribution is -2.23. The van der Waals surface area contributed by atoms with Gasteiger partial charge >= 0.3 is 0 Å². The van der Waals surface area contributed by atoms with E-state index in [1.165, 1.54) is 0 Å². The molecule has 0 fully saturated rings. The first-order chi connectivity index (χ1) is 8.79. The van der Waals surface area contributed by atoms with Gasteiger partial charge < -0.3 is 15.5 Å². The molecule has 18 heavy (non-hydrogen) atoms. The first kappa shape index (κ1) is 12.6. The van der Waals surface area contributed by atoms with Gasteiger partial charge in [-0.3, -0.25) is 0 Å². The van der Waals surface area contributed by atoms with Crippen LogP contribution in [0.5, 0.6) is 0 Å². The molecule has 0 amide bonds. The summed E-state index contributed by atoms with van der Waals surface area (Å²) in [7, 11) is 0. The molecule has 2 aromatic rings. The van der Waals surface area contributed by atoms with Crippen molar-refractivity contribution in [1.82, 2.24) is 10.3 Å². The van der Waals surface area contributed by atoms with Crippen LogP contribution >= 0.6 is 0 Å². The number of pyridine rings is 1. The largest absolute Gasteiger partial charge is 0.468 e. The van der Waals surface area contributed by atoms with Crippen molar-refractivity contribution < 1.29 is 4.42 Å². The Morgan fingerprint density at radius 3 is 3.00 bits per heavy atom. The molecule has 0 spiro atoms. The molecule has 3 N–H and O–H groups in total. The molecule has 2 aromatic heterocycles. The van der Waals surface area contributed by atoms with Crippen molar-refractivity contribution in [1.29, 1.82) is 0 Å². The second-order valence-electron chi connectivity index (χ2n) is 4.32. The number of nitrogen functional groups attached to an aromatic ring is 1. The van der Waals surface area contributed by atoms with Gasteiger partial charge in [-0.25, -0.2) is 4.98 Å². The van der Waals surface area contributed by atoms with Crippen LogP contribution in [0.2, 0.25) is 0 Å². The minimum Gasteiger partial charge on any atom is -0.468 e. The molecule has 0 aliphatic rings. The van der Waals surface area contributed by atoms with E-state index in [1.807, 2.05) is 24.3 Å². The number of furan rings is 1. The molecule has 2 heterocycles. The monoisotopic (exact) mass is 245 g/mol. The number of nitrogens with one attached hydrogen (secondary N) is 1. The molecule has 0 saturated heterocycles. The standard InChI is InChI=1S/C14H19N3O/c1-2-6-16-12(13-4-3-8-18-13)9-11-5-7-17-14(15)10-11/h3-5,7-8,10,12,16H,2,6,9H2,1H3,(H2,15,17). The van der Waals surface area contributed by atoms with E-state index >= 15 is 0 Å². The van der Waals surface area contributed by atoms with Crippen LogP contribution < -0.4 is 11.1 Å². The maximum Gasteiger partial charge on any atom is 0.123 e. The van der Waals surface area contributed by atoms with E-state index in [9.17, 15) is 0 Å². The Morgan fingerprint density at radius 1 is 1.44 bits per heavy atom. The zero-order valence-electron chi connectivity index (χ0n) is 10.6. The number of anilines is 1. The zero-order chi connectivity index (χ0) is 12.8. The molecule has 0 radical (unpaired) electrons. The summed E-state index contributed by atoms with van der Waals surface area (Å²) in [5.74, 6) is 1.51. The van der Waals surface area contributed by atoms with Crippen LogP contribution in [0.25, 0.3) is 0 Å². The summed E-state index contributed by atoms with van der Waals surface area (Å²) in [5, 5.41) is 3.48. The average Bonchev–Trinajstić information content (AvgIpc) is 2.88. The van der Waals surface area contributed by atoms with Crippen LogP contribution in [0.1, 0.15) is 30.7 Å². The third-order valence-electron chi connectivity index (χ3n) is 2.81. The van der Waals surface area contributed by atoms with Crippen molar-refractivity contribution in [3.05, 3.63) is 48.0 Å². The second kappa shape index (κ2) is 6.21. The third-order valence-corrected chi connectivity index (χ3v) is 2.81. The molecule has 1 unspecified atom stereocenters. The van der Waals surface area contributed by atoms with Gasteiger partial charge in [0.15, 0.2) is 0 Å². The zero-order valence-corrected chi connectivity index (χ0v) is 10.6. The number of nitrogens with zero attached hydrogens (tertiary/aromatic N) is 1. The maximum atomic E-state index is 5.70. The number of hydrogen-bond donors (Lipinski definition) is 2. The molecule has 0 saturated carbocycles. The average molecular weight is 245 g/mol. The predicted octanol–water partition coefficient (Wildman–Crippen LogP) is 2.54. The lowest BCUT2D eigenvalue weighted by molar-refractivity contribution is 0.410. The predicted molar refractivity (Wildman–Crippen MR) is 72.1 cm³/mol. The third kappa shape index (κ3) is 3.34. The van der Waals surface area contributed by atoms with Gasteiger partial charge in [-0.15, -0.1) is 0 Å². The molecule has 0 aliphatic carbocycles. The fraction of sp³-hybridized carbons (Fsp3) is 0.357. The van der Waals surface area contributed by atoms with E-state index in [0.29, 0.717) is 5.82 Å². The van der Waals surface area contributed by atoms with E-state index in [4.69, 9.17) is 10.2 Å². The summed E-state index contributed by atoms with van der Waals surface area (Å²) in [6, 6.07) is 7.99. The second-order valence-corrected chi connectivity index (χ2v) is 4.32. The van der Waals surface area contributed by atoms with Crippen LogP contribution in [-0.4, -0.2) is 11.5 Å². The van der Waals surface area contributed by atoms with Crippen LogP contribution in [0.15, 0.2) is 41.1 Å². The highest BCUT2D eigenvalue weighted by Gasteiger charge is 2.14. The Balaban J connectivity index is 2.10. The van der Waals surface area contributed by atoms with Crippen LogP contribution in [-0.2, 0) is 6.42 Å². The van der Waals surface area contributed by atoms with E-state index in [-0.39, 0.29) is 6.04 Å². The molecule has 96 valence electrons. The number of nitrogens with two attached hydrogens (primary N) is 1. The van der Waals surface area contributed by atoms with Crippen molar-refractivity contribution in [2.75, 3.05) is 12.3 Å². The Kier molecular flexibility index (Phi) is 4.36. The summed E-state index contributed by atoms with van der Waals surface area (Å²) in [6.45, 7) is 3.11. The Morgan fingerprint density at radius 2 is 2.33 bits per heavy atom. The van der Waals surface area contributed by atoms with Gasteiger partial charge in [0.25, 0.3) is 0 Å². The SMILES string of the molecule is CCCNC(Cc1ccnc(N)c1)c1ccco1. The fourth-order valence-corrected chi connectivity index (χ4v) is 1.94. The molecule has 0 aromatic carbocycles.